The van der Waals surface area contributed by atoms with Crippen LogP contribution in [-0.2, 0) is 4.74 Å². The van der Waals surface area contributed by atoms with E-state index in [-0.39, 0.29) is 18.1 Å². The van der Waals surface area contributed by atoms with Gasteiger partial charge in [-0.1, -0.05) is 11.8 Å². The van der Waals surface area contributed by atoms with E-state index in [0.717, 1.165) is 18.6 Å². The van der Waals surface area contributed by atoms with Gasteiger partial charge in [-0.2, -0.15) is 0 Å². The van der Waals surface area contributed by atoms with Crippen LogP contribution in [0.2, 0.25) is 0 Å². The molecule has 1 saturated heterocycles. The fraction of sp³-hybridized carbons (Fsp3) is 0.533. The van der Waals surface area contributed by atoms with Crippen LogP contribution >= 0.6 is 11.3 Å². The molecule has 0 bridgehead atoms. The molecule has 1 aliphatic carbocycles. The molecule has 2 fully saturated rings. The fourth-order valence-electron chi connectivity index (χ4n) is 2.62. The summed E-state index contributed by atoms with van der Waals surface area (Å²) in [5.74, 6) is 6.35. The maximum Gasteiger partial charge on any atom is 0.262 e. The summed E-state index contributed by atoms with van der Waals surface area (Å²) < 4.78 is 5.75. The molecule has 2 heterocycles. The summed E-state index contributed by atoms with van der Waals surface area (Å²) in [6.45, 7) is 1.05. The first-order valence-corrected chi connectivity index (χ1v) is 7.86. The molecular formula is C15H18N2O2S. The highest BCUT2D eigenvalue weighted by Gasteiger charge is 2.41. The topological polar surface area (TPSA) is 64.4 Å². The predicted octanol–water partition coefficient (Wildman–Crippen LogP) is 1.36. The second kappa shape index (κ2) is 5.96. The van der Waals surface area contributed by atoms with E-state index in [9.17, 15) is 4.79 Å². The minimum Gasteiger partial charge on any atom is -0.376 e. The van der Waals surface area contributed by atoms with Gasteiger partial charge in [-0.3, -0.25) is 4.79 Å². The number of rotatable bonds is 3. The molecule has 106 valence electrons. The minimum atomic E-state index is -0.0394. The second-order valence-electron chi connectivity index (χ2n) is 5.21. The molecule has 1 amide bonds. The van der Waals surface area contributed by atoms with Crippen molar-refractivity contribution in [3.05, 3.63) is 21.9 Å². The van der Waals surface area contributed by atoms with Crippen molar-refractivity contribution in [1.29, 1.82) is 0 Å². The molecule has 1 aromatic heterocycles. The maximum atomic E-state index is 12.4. The van der Waals surface area contributed by atoms with Crippen molar-refractivity contribution in [3.8, 4) is 11.8 Å². The van der Waals surface area contributed by atoms with Gasteiger partial charge in [0.05, 0.1) is 18.7 Å². The molecule has 0 spiro atoms. The summed E-state index contributed by atoms with van der Waals surface area (Å²) >= 11 is 1.42. The predicted molar refractivity (Wildman–Crippen MR) is 78.6 cm³/mol. The molecule has 0 radical (unpaired) electrons. The van der Waals surface area contributed by atoms with Gasteiger partial charge in [0.25, 0.3) is 5.91 Å². The lowest BCUT2D eigenvalue weighted by Crippen LogP contribution is -2.41. The van der Waals surface area contributed by atoms with Crippen LogP contribution in [0, 0.1) is 17.8 Å². The highest BCUT2D eigenvalue weighted by molar-refractivity contribution is 7.12. The van der Waals surface area contributed by atoms with Crippen LogP contribution in [0.4, 0.5) is 0 Å². The van der Waals surface area contributed by atoms with E-state index in [2.05, 4.69) is 17.2 Å². The first-order valence-electron chi connectivity index (χ1n) is 6.98. The summed E-state index contributed by atoms with van der Waals surface area (Å²) in [5.41, 5.74) is 6.14. The van der Waals surface area contributed by atoms with Crippen molar-refractivity contribution < 1.29 is 9.53 Å². The zero-order chi connectivity index (χ0) is 13.9. The largest absolute Gasteiger partial charge is 0.376 e. The summed E-state index contributed by atoms with van der Waals surface area (Å²) in [5, 5.41) is 5.00. The van der Waals surface area contributed by atoms with Crippen molar-refractivity contribution >= 4 is 17.2 Å². The maximum absolute atomic E-state index is 12.4. The summed E-state index contributed by atoms with van der Waals surface area (Å²) in [6, 6.07) is 2.01. The van der Waals surface area contributed by atoms with Crippen LogP contribution in [0.5, 0.6) is 0 Å². The Morgan fingerprint density at radius 1 is 1.50 bits per heavy atom. The number of thiophene rings is 1. The molecule has 1 aliphatic heterocycles. The van der Waals surface area contributed by atoms with Gasteiger partial charge in [0, 0.05) is 12.2 Å². The third kappa shape index (κ3) is 2.88. The van der Waals surface area contributed by atoms with E-state index in [4.69, 9.17) is 10.5 Å². The second-order valence-corrected chi connectivity index (χ2v) is 6.13. The Hall–Kier alpha value is -1.35. The quantitative estimate of drug-likeness (QED) is 0.826. The van der Waals surface area contributed by atoms with Gasteiger partial charge in [0.15, 0.2) is 0 Å². The first-order chi connectivity index (χ1) is 9.79. The Labute approximate surface area is 122 Å². The SMILES string of the molecule is NCC#Cc1ccsc1C(=O)NC1CCOC1C1CC1. The van der Waals surface area contributed by atoms with Crippen LogP contribution < -0.4 is 11.1 Å². The van der Waals surface area contributed by atoms with E-state index in [0.29, 0.717) is 17.3 Å². The van der Waals surface area contributed by atoms with Gasteiger partial charge in [0.2, 0.25) is 0 Å². The van der Waals surface area contributed by atoms with Gasteiger partial charge in [0.1, 0.15) is 4.88 Å². The summed E-state index contributed by atoms with van der Waals surface area (Å²) in [7, 11) is 0. The lowest BCUT2D eigenvalue weighted by atomic mass is 10.1. The van der Waals surface area contributed by atoms with Crippen LogP contribution in [-0.4, -0.2) is 31.2 Å². The van der Waals surface area contributed by atoms with Crippen molar-refractivity contribution in [1.82, 2.24) is 5.32 Å². The average molecular weight is 290 g/mol. The molecule has 3 N–H and O–H groups in total. The van der Waals surface area contributed by atoms with Gasteiger partial charge in [-0.05, 0) is 36.6 Å². The molecule has 2 aliphatic rings. The number of amides is 1. The number of ether oxygens (including phenoxy) is 1. The molecule has 2 atom stereocenters. The zero-order valence-corrected chi connectivity index (χ0v) is 12.0. The standard InChI is InChI=1S/C15H18N2O2S/c16-7-1-2-11-6-9-20-14(11)15(18)17-12-5-8-19-13(12)10-3-4-10/h6,9-10,12-13H,3-5,7-8,16H2,(H,17,18). The van der Waals surface area contributed by atoms with Crippen molar-refractivity contribution in [3.63, 3.8) is 0 Å². The number of nitrogens with two attached hydrogens (primary N) is 1. The van der Waals surface area contributed by atoms with Gasteiger partial charge in [-0.25, -0.2) is 0 Å². The third-order valence-electron chi connectivity index (χ3n) is 3.74. The van der Waals surface area contributed by atoms with Crippen LogP contribution in [0.15, 0.2) is 11.4 Å². The Bertz CT molecular complexity index is 554. The highest BCUT2D eigenvalue weighted by Crippen LogP contribution is 2.38. The molecule has 1 saturated carbocycles. The summed E-state index contributed by atoms with van der Waals surface area (Å²) in [6.07, 6.45) is 3.56. The van der Waals surface area contributed by atoms with E-state index < -0.39 is 0 Å². The molecule has 1 aromatic rings. The van der Waals surface area contributed by atoms with Crippen LogP contribution in [0.25, 0.3) is 0 Å². The number of carbonyl (C=O) groups is 1. The number of carbonyl (C=O) groups excluding carboxylic acids is 1. The number of nitrogens with one attached hydrogen (secondary N) is 1. The number of hydrogen-bond acceptors (Lipinski definition) is 4. The van der Waals surface area contributed by atoms with Crippen LogP contribution in [0.3, 0.4) is 0 Å². The van der Waals surface area contributed by atoms with Crippen molar-refractivity contribution in [2.45, 2.75) is 31.4 Å². The average Bonchev–Trinajstić information content (AvgIpc) is 3.00. The number of hydrogen-bond donors (Lipinski definition) is 2. The van der Waals surface area contributed by atoms with E-state index >= 15 is 0 Å². The van der Waals surface area contributed by atoms with E-state index in [1.807, 2.05) is 11.4 Å². The normalized spacial score (nSPS) is 25.1. The Morgan fingerprint density at radius 2 is 2.35 bits per heavy atom. The van der Waals surface area contributed by atoms with E-state index in [1.54, 1.807) is 0 Å². The lowest BCUT2D eigenvalue weighted by Gasteiger charge is -2.19. The van der Waals surface area contributed by atoms with Gasteiger partial charge in [-0.15, -0.1) is 11.3 Å². The lowest BCUT2D eigenvalue weighted by molar-refractivity contribution is 0.0731. The van der Waals surface area contributed by atoms with Crippen molar-refractivity contribution in [2.24, 2.45) is 11.7 Å². The van der Waals surface area contributed by atoms with Gasteiger partial charge >= 0.3 is 0 Å². The minimum absolute atomic E-state index is 0.0394. The monoisotopic (exact) mass is 290 g/mol. The van der Waals surface area contributed by atoms with Gasteiger partial charge < -0.3 is 15.8 Å². The molecule has 5 heteroatoms. The smallest absolute Gasteiger partial charge is 0.262 e. The molecule has 20 heavy (non-hydrogen) atoms. The Kier molecular flexibility index (Phi) is 4.06. The molecule has 4 nitrogen and oxygen atoms in total. The summed E-state index contributed by atoms with van der Waals surface area (Å²) in [4.78, 5) is 13.1. The molecule has 3 rings (SSSR count). The third-order valence-corrected chi connectivity index (χ3v) is 4.65. The Balaban J connectivity index is 1.68. The van der Waals surface area contributed by atoms with Crippen molar-refractivity contribution in [2.75, 3.05) is 13.2 Å². The molecule has 2 unspecified atom stereocenters. The zero-order valence-electron chi connectivity index (χ0n) is 11.2. The first kappa shape index (κ1) is 13.6. The van der Waals surface area contributed by atoms with Crippen LogP contribution in [0.1, 0.15) is 34.5 Å². The molecular weight excluding hydrogens is 272 g/mol. The van der Waals surface area contributed by atoms with E-state index in [1.165, 1.54) is 24.2 Å². The Morgan fingerprint density at radius 3 is 3.10 bits per heavy atom. The molecule has 0 aromatic carbocycles. The highest BCUT2D eigenvalue weighted by atomic mass is 32.1. The fourth-order valence-corrected chi connectivity index (χ4v) is 3.37.